The molecule has 0 radical (unpaired) electrons. The number of carbonyl (C=O) groups is 1. The Morgan fingerprint density at radius 2 is 1.58 bits per heavy atom. The lowest BCUT2D eigenvalue weighted by Crippen LogP contribution is -2.58. The molecule has 3 aliphatic rings. The number of halogens is 8. The first-order valence-electron chi connectivity index (χ1n) is 13.2. The SMILES string of the molecule is CN1CC2N(C(=O)C3CC[S+]([O-])CC3)CCC2(S(=O)(=O)c2ccc(Cl)cc2)c2ccc(C(F)(C(F)(F)F)C(F)(F)F)cc21. The molecule has 2 unspecified atom stereocenters. The molecule has 1 amide bonds. The van der Waals surface area contributed by atoms with Gasteiger partial charge in [0.25, 0.3) is 0 Å². The largest absolute Gasteiger partial charge is 0.616 e. The molecule has 3 heterocycles. The van der Waals surface area contributed by atoms with Crippen LogP contribution in [-0.2, 0) is 36.2 Å². The highest BCUT2D eigenvalue weighted by molar-refractivity contribution is 7.92. The summed E-state index contributed by atoms with van der Waals surface area (Å²) in [5, 5.41) is 0.220. The van der Waals surface area contributed by atoms with Crippen molar-refractivity contribution in [1.29, 1.82) is 0 Å². The minimum Gasteiger partial charge on any atom is -0.616 e. The van der Waals surface area contributed by atoms with E-state index in [4.69, 9.17) is 11.6 Å². The van der Waals surface area contributed by atoms with E-state index in [1.807, 2.05) is 0 Å². The summed E-state index contributed by atoms with van der Waals surface area (Å²) in [7, 11) is -3.16. The quantitative estimate of drug-likeness (QED) is 0.316. The first kappa shape index (κ1) is 32.2. The second-order valence-electron chi connectivity index (χ2n) is 11.0. The summed E-state index contributed by atoms with van der Waals surface area (Å²) in [5.74, 6) is -0.275. The van der Waals surface area contributed by atoms with Crippen LogP contribution in [0.1, 0.15) is 30.4 Å². The van der Waals surface area contributed by atoms with Crippen LogP contribution < -0.4 is 4.90 Å². The van der Waals surface area contributed by atoms with Crippen LogP contribution in [0, 0.1) is 5.92 Å². The smallest absolute Gasteiger partial charge is 0.435 e. The maximum atomic E-state index is 15.1. The first-order chi connectivity index (χ1) is 19.9. The number of carbonyl (C=O) groups excluding carboxylic acids is 1. The van der Waals surface area contributed by atoms with Crippen LogP contribution in [0.25, 0.3) is 0 Å². The van der Waals surface area contributed by atoms with E-state index >= 15 is 4.39 Å². The highest BCUT2D eigenvalue weighted by atomic mass is 35.5. The molecule has 2 fully saturated rings. The third-order valence-corrected chi connectivity index (χ3v) is 12.9. The average Bonchev–Trinajstić information content (AvgIpc) is 3.32. The van der Waals surface area contributed by atoms with Gasteiger partial charge in [0, 0.05) is 55.2 Å². The summed E-state index contributed by atoms with van der Waals surface area (Å²) in [4.78, 5) is 16.2. The number of benzene rings is 2. The van der Waals surface area contributed by atoms with Crippen LogP contribution in [0.2, 0.25) is 5.02 Å². The number of hydrogen-bond donors (Lipinski definition) is 0. The van der Waals surface area contributed by atoms with E-state index in [9.17, 15) is 44.1 Å². The fourth-order valence-corrected chi connectivity index (χ4v) is 10.2. The van der Waals surface area contributed by atoms with Gasteiger partial charge in [0.15, 0.2) is 9.84 Å². The lowest BCUT2D eigenvalue weighted by atomic mass is 9.82. The second kappa shape index (κ2) is 10.7. The summed E-state index contributed by atoms with van der Waals surface area (Å²) in [6, 6.07) is 5.53. The first-order valence-corrected chi connectivity index (χ1v) is 16.6. The van der Waals surface area contributed by atoms with Crippen LogP contribution in [0.3, 0.4) is 0 Å². The Labute approximate surface area is 251 Å². The van der Waals surface area contributed by atoms with Crippen LogP contribution in [-0.4, -0.2) is 73.8 Å². The molecule has 0 spiro atoms. The fourth-order valence-electron chi connectivity index (χ4n) is 6.51. The molecule has 0 bridgehead atoms. The highest BCUT2D eigenvalue weighted by Gasteiger charge is 2.74. The molecule has 0 aliphatic carbocycles. The molecule has 5 rings (SSSR count). The van der Waals surface area contributed by atoms with E-state index in [1.54, 1.807) is 0 Å². The topological polar surface area (TPSA) is 80.8 Å². The number of amides is 1. The molecule has 16 heteroatoms. The van der Waals surface area contributed by atoms with E-state index < -0.39 is 61.3 Å². The molecular formula is C27H26ClF7N2O4S2. The maximum Gasteiger partial charge on any atom is 0.435 e. The van der Waals surface area contributed by atoms with Gasteiger partial charge in [0.05, 0.1) is 10.9 Å². The molecule has 3 aliphatic heterocycles. The van der Waals surface area contributed by atoms with Crippen molar-refractivity contribution in [2.24, 2.45) is 5.92 Å². The molecule has 2 aromatic carbocycles. The highest BCUT2D eigenvalue weighted by Crippen LogP contribution is 2.57. The van der Waals surface area contributed by atoms with Gasteiger partial charge >= 0.3 is 18.0 Å². The molecule has 2 aromatic rings. The Morgan fingerprint density at radius 1 is 1.00 bits per heavy atom. The Morgan fingerprint density at radius 3 is 2.14 bits per heavy atom. The summed E-state index contributed by atoms with van der Waals surface area (Å²) in [5.41, 5.74) is -7.93. The minimum atomic E-state index is -6.36. The second-order valence-corrected chi connectivity index (χ2v) is 15.4. The molecule has 0 N–H and O–H groups in total. The van der Waals surface area contributed by atoms with Gasteiger partial charge in [-0.15, -0.1) is 0 Å². The summed E-state index contributed by atoms with van der Waals surface area (Å²) < 4.78 is 136. The third-order valence-electron chi connectivity index (χ3n) is 8.75. The number of likely N-dealkylation sites (tertiary alicyclic amines) is 1. The van der Waals surface area contributed by atoms with E-state index in [2.05, 4.69) is 0 Å². The van der Waals surface area contributed by atoms with Crippen LogP contribution in [0.4, 0.5) is 36.4 Å². The van der Waals surface area contributed by atoms with Gasteiger partial charge in [-0.05, 0) is 42.3 Å². The molecule has 43 heavy (non-hydrogen) atoms. The average molecular weight is 675 g/mol. The molecule has 0 aromatic heterocycles. The lowest BCUT2D eigenvalue weighted by molar-refractivity contribution is -0.348. The third kappa shape index (κ3) is 4.88. The van der Waals surface area contributed by atoms with Gasteiger partial charge in [-0.2, -0.15) is 26.3 Å². The van der Waals surface area contributed by atoms with Crippen molar-refractivity contribution >= 4 is 44.2 Å². The number of rotatable bonds is 4. The van der Waals surface area contributed by atoms with Crippen LogP contribution in [0.5, 0.6) is 0 Å². The van der Waals surface area contributed by atoms with E-state index in [1.165, 1.54) is 41.1 Å². The predicted octanol–water partition coefficient (Wildman–Crippen LogP) is 5.51. The van der Waals surface area contributed by atoms with Gasteiger partial charge in [-0.1, -0.05) is 34.9 Å². The maximum absolute atomic E-state index is 15.1. The number of sulfone groups is 1. The van der Waals surface area contributed by atoms with Crippen LogP contribution >= 0.6 is 11.6 Å². The van der Waals surface area contributed by atoms with Gasteiger partial charge in [0.2, 0.25) is 5.91 Å². The van der Waals surface area contributed by atoms with Gasteiger partial charge in [0.1, 0.15) is 16.3 Å². The zero-order chi connectivity index (χ0) is 31.8. The molecular weight excluding hydrogens is 649 g/mol. The van der Waals surface area contributed by atoms with Gasteiger partial charge in [-0.3, -0.25) is 4.79 Å². The monoisotopic (exact) mass is 674 g/mol. The van der Waals surface area contributed by atoms with Crippen molar-refractivity contribution in [3.8, 4) is 0 Å². The van der Waals surface area contributed by atoms with Gasteiger partial charge in [-0.25, -0.2) is 12.8 Å². The molecule has 236 valence electrons. The summed E-state index contributed by atoms with van der Waals surface area (Å²) in [6.45, 7) is -0.339. The van der Waals surface area contributed by atoms with Crippen molar-refractivity contribution in [2.75, 3.05) is 36.5 Å². The Balaban J connectivity index is 1.69. The lowest BCUT2D eigenvalue weighted by Gasteiger charge is -2.47. The van der Waals surface area contributed by atoms with Gasteiger partial charge < -0.3 is 14.4 Å². The van der Waals surface area contributed by atoms with Crippen molar-refractivity contribution in [3.05, 3.63) is 58.6 Å². The number of anilines is 1. The Kier molecular flexibility index (Phi) is 8.00. The van der Waals surface area contributed by atoms with Crippen molar-refractivity contribution in [1.82, 2.24) is 4.90 Å². The summed E-state index contributed by atoms with van der Waals surface area (Å²) in [6.07, 6.45) is -12.3. The molecule has 0 saturated carbocycles. The molecule has 2 saturated heterocycles. The number of nitrogens with zero attached hydrogens (tertiary/aromatic N) is 2. The Bertz CT molecular complexity index is 1500. The molecule has 2 atom stereocenters. The zero-order valence-corrected chi connectivity index (χ0v) is 24.9. The molecule has 6 nitrogen and oxygen atoms in total. The number of fused-ring (bicyclic) bond motifs is 3. The standard InChI is InChI=1S/C27H26ClF7N2O4S2/c1-36-15-22-24(43(40,41)19-5-3-18(28)4-6-19,10-11-37(22)23(38)16-8-12-42(39)13-9-16)20-7-2-17(14-21(20)36)25(29,26(30,31)32)27(33,34)35/h2-7,14,16,22H,8-13,15H2,1H3. The van der Waals surface area contributed by atoms with Crippen molar-refractivity contribution < 1.29 is 48.5 Å². The van der Waals surface area contributed by atoms with E-state index in [0.29, 0.717) is 36.5 Å². The number of likely N-dealkylation sites (N-methyl/N-ethyl adjacent to an activating group) is 1. The van der Waals surface area contributed by atoms with Crippen molar-refractivity contribution in [2.45, 2.75) is 53.0 Å². The summed E-state index contributed by atoms with van der Waals surface area (Å²) >= 11 is 4.89. The zero-order valence-electron chi connectivity index (χ0n) is 22.5. The minimum absolute atomic E-state index is 0.0664. The van der Waals surface area contributed by atoms with E-state index in [-0.39, 0.29) is 46.6 Å². The fraction of sp³-hybridized carbons (Fsp3) is 0.519. The normalized spacial score (nSPS) is 26.7. The Hall–Kier alpha value is -2.23. The van der Waals surface area contributed by atoms with E-state index in [0.717, 1.165) is 6.07 Å². The van der Waals surface area contributed by atoms with Crippen LogP contribution in [0.15, 0.2) is 47.4 Å². The van der Waals surface area contributed by atoms with Crippen molar-refractivity contribution in [3.63, 3.8) is 0 Å². The number of hydrogen-bond acceptors (Lipinski definition) is 5. The predicted molar refractivity (Wildman–Crippen MR) is 146 cm³/mol. The number of alkyl halides is 7.